The largest absolute Gasteiger partial charge is 0.487 e. The van der Waals surface area contributed by atoms with Crippen LogP contribution in [0.15, 0.2) is 23.3 Å². The van der Waals surface area contributed by atoms with Crippen LogP contribution in [0.2, 0.25) is 0 Å². The minimum atomic E-state index is -0.455. The number of nitro benzene ring substituents is 1. The zero-order chi connectivity index (χ0) is 16.8. The van der Waals surface area contributed by atoms with Gasteiger partial charge >= 0.3 is 5.69 Å². The van der Waals surface area contributed by atoms with Crippen LogP contribution in [0.4, 0.5) is 10.8 Å². The Morgan fingerprint density at radius 1 is 1.48 bits per heavy atom. The Bertz CT molecular complexity index is 708. The molecule has 0 aliphatic carbocycles. The maximum atomic E-state index is 11.1. The molecule has 7 nitrogen and oxygen atoms in total. The van der Waals surface area contributed by atoms with E-state index in [2.05, 4.69) is 15.5 Å². The molecule has 1 N–H and O–H groups in total. The normalized spacial score (nSPS) is 10.9. The highest BCUT2D eigenvalue weighted by Crippen LogP contribution is 2.27. The third kappa shape index (κ3) is 4.49. The van der Waals surface area contributed by atoms with Crippen LogP contribution in [0.5, 0.6) is 5.75 Å². The molecule has 0 fully saturated rings. The van der Waals surface area contributed by atoms with Gasteiger partial charge in [0.2, 0.25) is 5.13 Å². The molecule has 0 unspecified atom stereocenters. The highest BCUT2D eigenvalue weighted by molar-refractivity contribution is 7.15. The van der Waals surface area contributed by atoms with Crippen LogP contribution >= 0.6 is 11.3 Å². The summed E-state index contributed by atoms with van der Waals surface area (Å²) in [6.45, 7) is 6.30. The number of nitrogens with zero attached hydrogens (tertiary/aromatic N) is 3. The smallest absolute Gasteiger partial charge is 0.311 e. The molecule has 1 aromatic heterocycles. The minimum absolute atomic E-state index is 0.0664. The molecule has 0 aliphatic rings. The number of nitrogens with one attached hydrogen (secondary N) is 1. The molecule has 122 valence electrons. The van der Waals surface area contributed by atoms with Gasteiger partial charge in [-0.25, -0.2) is 4.98 Å². The Morgan fingerprint density at radius 2 is 2.26 bits per heavy atom. The van der Waals surface area contributed by atoms with E-state index in [0.717, 1.165) is 17.0 Å². The second-order valence-corrected chi connectivity index (χ2v) is 6.07. The topological polar surface area (TPSA) is 89.7 Å². The predicted octanol–water partition coefficient (Wildman–Crippen LogP) is 3.90. The van der Waals surface area contributed by atoms with Crippen LogP contribution < -0.4 is 10.2 Å². The number of benzene rings is 1. The van der Waals surface area contributed by atoms with Crippen LogP contribution in [0, 0.1) is 24.0 Å². The number of nitro groups is 1. The third-order valence-electron chi connectivity index (χ3n) is 3.04. The number of hydrogen-bond acceptors (Lipinski definition) is 7. The van der Waals surface area contributed by atoms with Crippen molar-refractivity contribution < 1.29 is 9.66 Å². The Kier molecular flexibility index (Phi) is 5.64. The summed E-state index contributed by atoms with van der Waals surface area (Å²) in [7, 11) is 0. The van der Waals surface area contributed by atoms with Gasteiger partial charge in [-0.3, -0.25) is 15.5 Å². The summed E-state index contributed by atoms with van der Waals surface area (Å²) >= 11 is 1.50. The van der Waals surface area contributed by atoms with Crippen molar-refractivity contribution in [2.24, 2.45) is 5.10 Å². The molecule has 2 aromatic rings. The van der Waals surface area contributed by atoms with Crippen LogP contribution in [-0.4, -0.2) is 22.7 Å². The van der Waals surface area contributed by atoms with Gasteiger partial charge in [0.25, 0.3) is 0 Å². The van der Waals surface area contributed by atoms with Crippen molar-refractivity contribution in [2.75, 3.05) is 12.0 Å². The van der Waals surface area contributed by atoms with Gasteiger partial charge in [0.15, 0.2) is 5.75 Å². The quantitative estimate of drug-likeness (QED) is 0.471. The van der Waals surface area contributed by atoms with Crippen LogP contribution in [0.3, 0.4) is 0 Å². The number of anilines is 1. The number of thiazole rings is 1. The Morgan fingerprint density at radius 3 is 2.87 bits per heavy atom. The molecule has 0 radical (unpaired) electrons. The summed E-state index contributed by atoms with van der Waals surface area (Å²) in [4.78, 5) is 16.1. The average molecular weight is 334 g/mol. The van der Waals surface area contributed by atoms with E-state index in [0.29, 0.717) is 17.3 Å². The molecule has 23 heavy (non-hydrogen) atoms. The summed E-state index contributed by atoms with van der Waals surface area (Å²) in [6, 6.07) is 4.75. The van der Waals surface area contributed by atoms with Crippen molar-refractivity contribution in [3.63, 3.8) is 0 Å². The first kappa shape index (κ1) is 16.9. The van der Waals surface area contributed by atoms with E-state index in [9.17, 15) is 10.1 Å². The van der Waals surface area contributed by atoms with E-state index >= 15 is 0 Å². The lowest BCUT2D eigenvalue weighted by Gasteiger charge is -2.05. The molecule has 0 atom stereocenters. The van der Waals surface area contributed by atoms with Crippen LogP contribution in [0.25, 0.3) is 0 Å². The fraction of sp³-hybridized carbons (Fsp3) is 0.333. The van der Waals surface area contributed by atoms with Gasteiger partial charge in [-0.15, -0.1) is 11.3 Å². The summed E-state index contributed by atoms with van der Waals surface area (Å²) < 4.78 is 5.38. The van der Waals surface area contributed by atoms with Gasteiger partial charge in [-0.05, 0) is 32.4 Å². The number of hydrazone groups is 1. The number of rotatable bonds is 7. The highest BCUT2D eigenvalue weighted by atomic mass is 32.1. The zero-order valence-electron chi connectivity index (χ0n) is 13.2. The lowest BCUT2D eigenvalue weighted by molar-refractivity contribution is -0.385. The number of aromatic nitrogens is 1. The van der Waals surface area contributed by atoms with Crippen molar-refractivity contribution in [2.45, 2.75) is 27.2 Å². The van der Waals surface area contributed by atoms with Gasteiger partial charge in [0.1, 0.15) is 0 Å². The van der Waals surface area contributed by atoms with E-state index in [1.54, 1.807) is 12.1 Å². The van der Waals surface area contributed by atoms with Crippen molar-refractivity contribution in [1.82, 2.24) is 4.98 Å². The summed E-state index contributed by atoms with van der Waals surface area (Å²) in [5, 5.41) is 15.9. The fourth-order valence-corrected chi connectivity index (χ4v) is 2.54. The van der Waals surface area contributed by atoms with Crippen LogP contribution in [-0.2, 0) is 0 Å². The van der Waals surface area contributed by atoms with Gasteiger partial charge in [0, 0.05) is 16.5 Å². The highest BCUT2D eigenvalue weighted by Gasteiger charge is 2.15. The monoisotopic (exact) mass is 334 g/mol. The van der Waals surface area contributed by atoms with E-state index in [1.807, 2.05) is 20.8 Å². The Labute approximate surface area is 138 Å². The van der Waals surface area contributed by atoms with E-state index < -0.39 is 4.92 Å². The molecule has 0 spiro atoms. The Balaban J connectivity index is 2.11. The maximum absolute atomic E-state index is 11.1. The van der Waals surface area contributed by atoms with Crippen molar-refractivity contribution in [3.8, 4) is 5.75 Å². The number of aryl methyl sites for hydroxylation is 2. The molecule has 1 aromatic carbocycles. The standard InChI is InChI=1S/C15H18N4O3S/c1-4-7-22-14-6-5-12(8-13(14)19(20)21)9-16-18-15-17-10(2)11(3)23-15/h5-6,8-9H,4,7H2,1-3H3,(H,17,18)/b16-9-. The SMILES string of the molecule is CCCOc1ccc(/C=N\Nc2nc(C)c(C)s2)cc1[N+](=O)[O-]. The summed E-state index contributed by atoms with van der Waals surface area (Å²) in [6.07, 6.45) is 2.31. The molecule has 1 heterocycles. The van der Waals surface area contributed by atoms with Crippen molar-refractivity contribution >= 4 is 28.4 Å². The summed E-state index contributed by atoms with van der Waals surface area (Å²) in [5.41, 5.74) is 4.33. The second kappa shape index (κ2) is 7.68. The molecular weight excluding hydrogens is 316 g/mol. The first-order chi connectivity index (χ1) is 11.0. The van der Waals surface area contributed by atoms with E-state index in [1.165, 1.54) is 23.6 Å². The molecule has 0 aliphatic heterocycles. The van der Waals surface area contributed by atoms with E-state index in [-0.39, 0.29) is 11.4 Å². The number of hydrogen-bond donors (Lipinski definition) is 1. The predicted molar refractivity (Wildman–Crippen MR) is 91.7 cm³/mol. The second-order valence-electron chi connectivity index (χ2n) is 4.86. The lowest BCUT2D eigenvalue weighted by Crippen LogP contribution is -2.00. The van der Waals surface area contributed by atoms with Gasteiger partial charge in [-0.2, -0.15) is 5.10 Å². The van der Waals surface area contributed by atoms with Crippen molar-refractivity contribution in [1.29, 1.82) is 0 Å². The molecule has 0 saturated heterocycles. The van der Waals surface area contributed by atoms with Gasteiger partial charge in [-0.1, -0.05) is 6.92 Å². The summed E-state index contributed by atoms with van der Waals surface area (Å²) in [5.74, 6) is 0.271. The lowest BCUT2D eigenvalue weighted by atomic mass is 10.2. The Hall–Kier alpha value is -2.48. The molecule has 0 saturated carbocycles. The van der Waals surface area contributed by atoms with E-state index in [4.69, 9.17) is 4.74 Å². The third-order valence-corrected chi connectivity index (χ3v) is 4.02. The molecular formula is C15H18N4O3S. The first-order valence-electron chi connectivity index (χ1n) is 7.15. The molecule has 0 bridgehead atoms. The van der Waals surface area contributed by atoms with Crippen LogP contribution in [0.1, 0.15) is 29.5 Å². The molecule has 2 rings (SSSR count). The first-order valence-corrected chi connectivity index (χ1v) is 7.97. The zero-order valence-corrected chi connectivity index (χ0v) is 14.0. The van der Waals surface area contributed by atoms with Gasteiger partial charge in [0.05, 0.1) is 23.4 Å². The molecule has 8 heteroatoms. The maximum Gasteiger partial charge on any atom is 0.311 e. The number of ether oxygens (including phenoxy) is 1. The van der Waals surface area contributed by atoms with Crippen molar-refractivity contribution in [3.05, 3.63) is 44.4 Å². The molecule has 0 amide bonds. The fourth-order valence-electron chi connectivity index (χ4n) is 1.77. The average Bonchev–Trinajstić information content (AvgIpc) is 2.84. The van der Waals surface area contributed by atoms with Gasteiger partial charge < -0.3 is 4.74 Å². The minimum Gasteiger partial charge on any atom is -0.487 e.